The highest BCUT2D eigenvalue weighted by Gasteiger charge is 1.97. The standard InChI is InChI=1S/C6H10N2OS2/c7-6-8-4-5(11-6)10-3-1-2-9/h4,9H,1-3H2,(H2,7,8). The Labute approximate surface area is 73.6 Å². The number of anilines is 1. The van der Waals surface area contributed by atoms with Crippen LogP contribution in [0.25, 0.3) is 0 Å². The molecule has 0 fully saturated rings. The van der Waals surface area contributed by atoms with Crippen LogP contribution < -0.4 is 5.73 Å². The topological polar surface area (TPSA) is 59.1 Å². The largest absolute Gasteiger partial charge is 0.396 e. The summed E-state index contributed by atoms with van der Waals surface area (Å²) < 4.78 is 1.12. The number of thiazole rings is 1. The van der Waals surface area contributed by atoms with E-state index in [0.717, 1.165) is 16.4 Å². The molecule has 0 saturated carbocycles. The Morgan fingerprint density at radius 2 is 2.55 bits per heavy atom. The highest BCUT2D eigenvalue weighted by atomic mass is 32.2. The summed E-state index contributed by atoms with van der Waals surface area (Å²) in [7, 11) is 0. The van der Waals surface area contributed by atoms with Gasteiger partial charge in [-0.05, 0) is 6.42 Å². The third kappa shape index (κ3) is 3.09. The minimum absolute atomic E-state index is 0.251. The van der Waals surface area contributed by atoms with Crippen molar-refractivity contribution in [2.24, 2.45) is 0 Å². The zero-order chi connectivity index (χ0) is 8.10. The minimum Gasteiger partial charge on any atom is -0.396 e. The Morgan fingerprint density at radius 1 is 1.73 bits per heavy atom. The predicted octanol–water partition coefficient (Wildman–Crippen LogP) is 1.20. The Bertz CT molecular complexity index is 214. The van der Waals surface area contributed by atoms with E-state index in [1.165, 1.54) is 11.3 Å². The van der Waals surface area contributed by atoms with Crippen LogP contribution in [0.5, 0.6) is 0 Å². The Hall–Kier alpha value is -0.260. The average Bonchev–Trinajstić information content (AvgIpc) is 2.37. The van der Waals surface area contributed by atoms with E-state index in [-0.39, 0.29) is 6.61 Å². The van der Waals surface area contributed by atoms with Gasteiger partial charge in [-0.3, -0.25) is 0 Å². The lowest BCUT2D eigenvalue weighted by Gasteiger charge is -1.92. The molecule has 62 valence electrons. The first kappa shape index (κ1) is 8.83. The van der Waals surface area contributed by atoms with Gasteiger partial charge in [0, 0.05) is 12.4 Å². The molecule has 11 heavy (non-hydrogen) atoms. The van der Waals surface area contributed by atoms with Gasteiger partial charge in [0.2, 0.25) is 0 Å². The molecule has 1 aromatic rings. The van der Waals surface area contributed by atoms with Crippen molar-refractivity contribution in [1.29, 1.82) is 0 Å². The smallest absolute Gasteiger partial charge is 0.181 e. The summed E-state index contributed by atoms with van der Waals surface area (Å²) in [5.41, 5.74) is 5.43. The molecule has 1 heterocycles. The van der Waals surface area contributed by atoms with Crippen LogP contribution in [0.2, 0.25) is 0 Å². The van der Waals surface area contributed by atoms with Crippen molar-refractivity contribution in [2.75, 3.05) is 18.1 Å². The van der Waals surface area contributed by atoms with Gasteiger partial charge in [-0.25, -0.2) is 4.98 Å². The van der Waals surface area contributed by atoms with E-state index >= 15 is 0 Å². The number of aromatic nitrogens is 1. The van der Waals surface area contributed by atoms with Gasteiger partial charge >= 0.3 is 0 Å². The molecule has 0 radical (unpaired) electrons. The van der Waals surface area contributed by atoms with E-state index < -0.39 is 0 Å². The fourth-order valence-electron chi connectivity index (χ4n) is 0.576. The molecule has 0 aliphatic heterocycles. The van der Waals surface area contributed by atoms with Crippen LogP contribution in [0, 0.1) is 0 Å². The van der Waals surface area contributed by atoms with E-state index in [0.29, 0.717) is 5.13 Å². The molecule has 0 saturated heterocycles. The van der Waals surface area contributed by atoms with Gasteiger partial charge in [0.25, 0.3) is 0 Å². The fourth-order valence-corrected chi connectivity index (χ4v) is 2.34. The second kappa shape index (κ2) is 4.58. The molecule has 0 aliphatic rings. The Kier molecular flexibility index (Phi) is 3.68. The highest BCUT2D eigenvalue weighted by Crippen LogP contribution is 2.26. The summed E-state index contributed by atoms with van der Waals surface area (Å²) in [6, 6.07) is 0. The van der Waals surface area contributed by atoms with Crippen LogP contribution in [0.4, 0.5) is 5.13 Å². The monoisotopic (exact) mass is 190 g/mol. The maximum absolute atomic E-state index is 8.50. The van der Waals surface area contributed by atoms with Gasteiger partial charge in [-0.2, -0.15) is 0 Å². The summed E-state index contributed by atoms with van der Waals surface area (Å²) in [5, 5.41) is 9.11. The third-order valence-corrected chi connectivity index (χ3v) is 3.16. The van der Waals surface area contributed by atoms with Crippen molar-refractivity contribution in [2.45, 2.75) is 10.6 Å². The van der Waals surface area contributed by atoms with Gasteiger partial charge in [-0.15, -0.1) is 11.8 Å². The molecule has 5 heteroatoms. The summed E-state index contributed by atoms with van der Waals surface area (Å²) >= 11 is 3.17. The predicted molar refractivity (Wildman–Crippen MR) is 49.0 cm³/mol. The van der Waals surface area contributed by atoms with E-state index in [1.54, 1.807) is 18.0 Å². The first-order valence-corrected chi connectivity index (χ1v) is 5.08. The lowest BCUT2D eigenvalue weighted by atomic mass is 10.5. The molecule has 0 aromatic carbocycles. The fraction of sp³-hybridized carbons (Fsp3) is 0.500. The second-order valence-electron chi connectivity index (χ2n) is 1.94. The van der Waals surface area contributed by atoms with E-state index in [4.69, 9.17) is 10.8 Å². The molecule has 0 atom stereocenters. The zero-order valence-electron chi connectivity index (χ0n) is 5.99. The van der Waals surface area contributed by atoms with E-state index in [1.807, 2.05) is 0 Å². The highest BCUT2D eigenvalue weighted by molar-refractivity contribution is 8.01. The van der Waals surface area contributed by atoms with Gasteiger partial charge < -0.3 is 10.8 Å². The van der Waals surface area contributed by atoms with Crippen molar-refractivity contribution >= 4 is 28.2 Å². The van der Waals surface area contributed by atoms with Gasteiger partial charge in [-0.1, -0.05) is 11.3 Å². The maximum atomic E-state index is 8.50. The van der Waals surface area contributed by atoms with Crippen LogP contribution in [0.1, 0.15) is 6.42 Å². The van der Waals surface area contributed by atoms with E-state index in [2.05, 4.69) is 4.98 Å². The number of nitrogens with zero attached hydrogens (tertiary/aromatic N) is 1. The molecule has 3 N–H and O–H groups in total. The number of hydrogen-bond acceptors (Lipinski definition) is 5. The molecular formula is C6H10N2OS2. The third-order valence-electron chi connectivity index (χ3n) is 1.05. The summed E-state index contributed by atoms with van der Waals surface area (Å²) in [4.78, 5) is 3.91. The van der Waals surface area contributed by atoms with Gasteiger partial charge in [0.15, 0.2) is 5.13 Å². The quantitative estimate of drug-likeness (QED) is 0.553. The van der Waals surface area contributed by atoms with Crippen molar-refractivity contribution in [3.63, 3.8) is 0 Å². The Balaban J connectivity index is 2.27. The normalized spacial score (nSPS) is 10.3. The molecular weight excluding hydrogens is 180 g/mol. The molecule has 1 aromatic heterocycles. The lowest BCUT2D eigenvalue weighted by molar-refractivity contribution is 0.296. The number of aliphatic hydroxyl groups excluding tert-OH is 1. The molecule has 0 bridgehead atoms. The number of rotatable bonds is 4. The molecule has 0 amide bonds. The summed E-state index contributed by atoms with van der Waals surface area (Å²) in [6.45, 7) is 0.251. The number of thioether (sulfide) groups is 1. The number of hydrogen-bond donors (Lipinski definition) is 2. The summed E-state index contributed by atoms with van der Waals surface area (Å²) in [5.74, 6) is 0.929. The first-order valence-electron chi connectivity index (χ1n) is 3.28. The molecule has 3 nitrogen and oxygen atoms in total. The summed E-state index contributed by atoms with van der Waals surface area (Å²) in [6.07, 6.45) is 2.59. The molecule has 0 unspecified atom stereocenters. The molecule has 0 spiro atoms. The first-order chi connectivity index (χ1) is 5.33. The van der Waals surface area contributed by atoms with Crippen LogP contribution >= 0.6 is 23.1 Å². The molecule has 0 aliphatic carbocycles. The SMILES string of the molecule is Nc1ncc(SCCCO)s1. The average molecular weight is 190 g/mol. The van der Waals surface area contributed by atoms with Crippen molar-refractivity contribution < 1.29 is 5.11 Å². The van der Waals surface area contributed by atoms with Crippen molar-refractivity contribution in [3.8, 4) is 0 Å². The zero-order valence-corrected chi connectivity index (χ0v) is 7.62. The number of aliphatic hydroxyl groups is 1. The molecule has 1 rings (SSSR count). The van der Waals surface area contributed by atoms with Gasteiger partial charge in [0.1, 0.15) is 0 Å². The van der Waals surface area contributed by atoms with Crippen LogP contribution in [0.15, 0.2) is 10.4 Å². The maximum Gasteiger partial charge on any atom is 0.181 e. The minimum atomic E-state index is 0.251. The lowest BCUT2D eigenvalue weighted by Crippen LogP contribution is -1.83. The Morgan fingerprint density at radius 3 is 3.09 bits per heavy atom. The number of nitrogen functional groups attached to an aromatic ring is 1. The van der Waals surface area contributed by atoms with Crippen molar-refractivity contribution in [3.05, 3.63) is 6.20 Å². The van der Waals surface area contributed by atoms with Crippen LogP contribution in [-0.2, 0) is 0 Å². The number of nitrogens with two attached hydrogens (primary N) is 1. The van der Waals surface area contributed by atoms with Crippen molar-refractivity contribution in [1.82, 2.24) is 4.98 Å². The second-order valence-corrected chi connectivity index (χ2v) is 4.40. The van der Waals surface area contributed by atoms with Crippen LogP contribution in [-0.4, -0.2) is 22.5 Å². The van der Waals surface area contributed by atoms with E-state index in [9.17, 15) is 0 Å². The van der Waals surface area contributed by atoms with Gasteiger partial charge in [0.05, 0.1) is 10.4 Å². The van der Waals surface area contributed by atoms with Crippen LogP contribution in [0.3, 0.4) is 0 Å².